The number of nitrogens with zero attached hydrogens (tertiary/aromatic N) is 1. The molecule has 3 rings (SSSR count). The number of hydrogen-bond donors (Lipinski definition) is 3. The Balaban J connectivity index is 1.59. The van der Waals surface area contributed by atoms with E-state index in [0.717, 1.165) is 16.9 Å². The minimum absolute atomic E-state index is 0.245. The van der Waals surface area contributed by atoms with Crippen molar-refractivity contribution in [1.82, 2.24) is 15.3 Å². The smallest absolute Gasteiger partial charge is 0.255 e. The SMILES string of the molecule is COc1cc(C(=O)NCCc2nc3ccccc3[nH]2)ccc1OCC(N)=O. The lowest BCUT2D eigenvalue weighted by molar-refractivity contribution is -0.119. The molecule has 8 nitrogen and oxygen atoms in total. The first-order valence-corrected chi connectivity index (χ1v) is 8.38. The standard InChI is InChI=1S/C19H20N4O4/c1-26-16-10-12(6-7-15(16)27-11-17(20)24)19(25)21-9-8-18-22-13-4-2-3-5-14(13)23-18/h2-7,10H,8-9,11H2,1H3,(H2,20,24)(H,21,25)(H,22,23). The van der Waals surface area contributed by atoms with Crippen molar-refractivity contribution in [3.05, 3.63) is 53.9 Å². The Kier molecular flexibility index (Phi) is 5.55. The summed E-state index contributed by atoms with van der Waals surface area (Å²) >= 11 is 0. The Morgan fingerprint density at radius 1 is 1.19 bits per heavy atom. The van der Waals surface area contributed by atoms with Gasteiger partial charge in [0.05, 0.1) is 18.1 Å². The van der Waals surface area contributed by atoms with Crippen LogP contribution in [0, 0.1) is 0 Å². The van der Waals surface area contributed by atoms with Crippen molar-refractivity contribution in [3.63, 3.8) is 0 Å². The van der Waals surface area contributed by atoms with Gasteiger partial charge in [0.2, 0.25) is 0 Å². The zero-order valence-corrected chi connectivity index (χ0v) is 14.8. The van der Waals surface area contributed by atoms with E-state index in [9.17, 15) is 9.59 Å². The molecule has 1 aromatic heterocycles. The second kappa shape index (κ2) is 8.22. The van der Waals surface area contributed by atoms with Gasteiger partial charge in [0.1, 0.15) is 5.82 Å². The van der Waals surface area contributed by atoms with Crippen LogP contribution in [0.2, 0.25) is 0 Å². The van der Waals surface area contributed by atoms with Crippen molar-refractivity contribution in [2.24, 2.45) is 5.73 Å². The molecule has 140 valence electrons. The molecule has 2 amide bonds. The van der Waals surface area contributed by atoms with Crippen LogP contribution < -0.4 is 20.5 Å². The number of fused-ring (bicyclic) bond motifs is 1. The second-order valence-corrected chi connectivity index (χ2v) is 5.83. The van der Waals surface area contributed by atoms with E-state index in [2.05, 4.69) is 15.3 Å². The third-order valence-corrected chi connectivity index (χ3v) is 3.88. The van der Waals surface area contributed by atoms with E-state index >= 15 is 0 Å². The Bertz CT molecular complexity index is 934. The number of methoxy groups -OCH3 is 1. The number of para-hydroxylation sites is 2. The normalized spacial score (nSPS) is 10.6. The molecule has 4 N–H and O–H groups in total. The summed E-state index contributed by atoms with van der Waals surface area (Å²) < 4.78 is 10.5. The van der Waals surface area contributed by atoms with Gasteiger partial charge in [0, 0.05) is 18.5 Å². The van der Waals surface area contributed by atoms with Gasteiger partial charge in [-0.1, -0.05) is 12.1 Å². The van der Waals surface area contributed by atoms with Gasteiger partial charge in [-0.15, -0.1) is 0 Å². The number of benzene rings is 2. The lowest BCUT2D eigenvalue weighted by Crippen LogP contribution is -2.26. The number of carbonyl (C=O) groups is 2. The van der Waals surface area contributed by atoms with Crippen LogP contribution in [-0.2, 0) is 11.2 Å². The molecule has 0 saturated carbocycles. The first-order chi connectivity index (χ1) is 13.1. The molecule has 27 heavy (non-hydrogen) atoms. The van der Waals surface area contributed by atoms with Crippen LogP contribution in [-0.4, -0.2) is 42.0 Å². The molecular formula is C19H20N4O4. The number of nitrogens with two attached hydrogens (primary N) is 1. The summed E-state index contributed by atoms with van der Waals surface area (Å²) in [6.07, 6.45) is 0.581. The lowest BCUT2D eigenvalue weighted by atomic mass is 10.2. The number of imidazole rings is 1. The monoisotopic (exact) mass is 368 g/mol. The summed E-state index contributed by atoms with van der Waals surface area (Å²) in [6, 6.07) is 12.5. The Morgan fingerprint density at radius 2 is 2.00 bits per heavy atom. The number of aromatic amines is 1. The molecule has 0 aliphatic carbocycles. The van der Waals surface area contributed by atoms with E-state index in [0.29, 0.717) is 30.0 Å². The number of hydrogen-bond acceptors (Lipinski definition) is 5. The van der Waals surface area contributed by atoms with Gasteiger partial charge in [0.15, 0.2) is 18.1 Å². The minimum Gasteiger partial charge on any atom is -0.493 e. The molecule has 0 saturated heterocycles. The number of ether oxygens (including phenoxy) is 2. The van der Waals surface area contributed by atoms with Gasteiger partial charge in [-0.3, -0.25) is 9.59 Å². The average molecular weight is 368 g/mol. The number of amides is 2. The highest BCUT2D eigenvalue weighted by atomic mass is 16.5. The Labute approximate surface area is 155 Å². The van der Waals surface area contributed by atoms with Crippen LogP contribution >= 0.6 is 0 Å². The van der Waals surface area contributed by atoms with Crippen LogP contribution in [0.15, 0.2) is 42.5 Å². The first-order valence-electron chi connectivity index (χ1n) is 8.38. The van der Waals surface area contributed by atoms with Gasteiger partial charge < -0.3 is 25.5 Å². The molecule has 8 heteroatoms. The van der Waals surface area contributed by atoms with E-state index in [-0.39, 0.29) is 12.5 Å². The fourth-order valence-corrected chi connectivity index (χ4v) is 2.60. The molecule has 3 aromatic rings. The molecule has 1 heterocycles. The van der Waals surface area contributed by atoms with Crippen LogP contribution in [0.5, 0.6) is 11.5 Å². The number of nitrogens with one attached hydrogen (secondary N) is 2. The number of rotatable bonds is 8. The molecule has 0 aliphatic rings. The zero-order chi connectivity index (χ0) is 19.2. The molecule has 0 unspecified atom stereocenters. The van der Waals surface area contributed by atoms with E-state index in [1.54, 1.807) is 18.2 Å². The fourth-order valence-electron chi connectivity index (χ4n) is 2.60. The van der Waals surface area contributed by atoms with Crippen molar-refractivity contribution in [2.75, 3.05) is 20.3 Å². The zero-order valence-electron chi connectivity index (χ0n) is 14.8. The summed E-state index contributed by atoms with van der Waals surface area (Å²) in [5.41, 5.74) is 7.35. The maximum absolute atomic E-state index is 12.3. The fraction of sp³-hybridized carbons (Fsp3) is 0.211. The molecule has 0 atom stereocenters. The van der Waals surface area contributed by atoms with Crippen molar-refractivity contribution in [2.45, 2.75) is 6.42 Å². The van der Waals surface area contributed by atoms with Gasteiger partial charge in [0.25, 0.3) is 11.8 Å². The predicted octanol–water partition coefficient (Wildman–Crippen LogP) is 1.41. The third kappa shape index (κ3) is 4.55. The summed E-state index contributed by atoms with van der Waals surface area (Å²) in [6.45, 7) is 0.167. The van der Waals surface area contributed by atoms with Crippen LogP contribution in [0.4, 0.5) is 0 Å². The average Bonchev–Trinajstić information content (AvgIpc) is 3.08. The van der Waals surface area contributed by atoms with E-state index in [1.807, 2.05) is 24.3 Å². The molecular weight excluding hydrogens is 348 g/mol. The highest BCUT2D eigenvalue weighted by Gasteiger charge is 2.12. The summed E-state index contributed by atoms with van der Waals surface area (Å²) in [5, 5.41) is 2.84. The van der Waals surface area contributed by atoms with E-state index in [4.69, 9.17) is 15.2 Å². The van der Waals surface area contributed by atoms with Crippen molar-refractivity contribution in [1.29, 1.82) is 0 Å². The van der Waals surface area contributed by atoms with E-state index in [1.165, 1.54) is 7.11 Å². The van der Waals surface area contributed by atoms with Gasteiger partial charge in [-0.05, 0) is 30.3 Å². The minimum atomic E-state index is -0.593. The maximum Gasteiger partial charge on any atom is 0.255 e. The predicted molar refractivity (Wildman–Crippen MR) is 99.8 cm³/mol. The van der Waals surface area contributed by atoms with Crippen LogP contribution in [0.3, 0.4) is 0 Å². The topological polar surface area (TPSA) is 119 Å². The summed E-state index contributed by atoms with van der Waals surface area (Å²) in [4.78, 5) is 30.9. The first kappa shape index (κ1) is 18.2. The number of H-pyrrole nitrogens is 1. The number of carbonyl (C=O) groups excluding carboxylic acids is 2. The largest absolute Gasteiger partial charge is 0.493 e. The van der Waals surface area contributed by atoms with Gasteiger partial charge in [-0.2, -0.15) is 0 Å². The summed E-state index contributed by atoms with van der Waals surface area (Å²) in [5.74, 6) is 0.663. The number of aromatic nitrogens is 2. The lowest BCUT2D eigenvalue weighted by Gasteiger charge is -2.11. The molecule has 0 bridgehead atoms. The van der Waals surface area contributed by atoms with Crippen molar-refractivity contribution < 1.29 is 19.1 Å². The Morgan fingerprint density at radius 3 is 2.74 bits per heavy atom. The van der Waals surface area contributed by atoms with Crippen LogP contribution in [0.25, 0.3) is 11.0 Å². The van der Waals surface area contributed by atoms with E-state index < -0.39 is 5.91 Å². The molecule has 0 radical (unpaired) electrons. The third-order valence-electron chi connectivity index (χ3n) is 3.88. The summed E-state index contributed by atoms with van der Waals surface area (Å²) in [7, 11) is 1.45. The molecule has 0 fully saturated rings. The molecule has 0 spiro atoms. The van der Waals surface area contributed by atoms with Gasteiger partial charge in [-0.25, -0.2) is 4.98 Å². The highest BCUT2D eigenvalue weighted by Crippen LogP contribution is 2.28. The Hall–Kier alpha value is -3.55. The molecule has 0 aliphatic heterocycles. The van der Waals surface area contributed by atoms with Crippen LogP contribution in [0.1, 0.15) is 16.2 Å². The maximum atomic E-state index is 12.3. The highest BCUT2D eigenvalue weighted by molar-refractivity contribution is 5.94. The van der Waals surface area contributed by atoms with Gasteiger partial charge >= 0.3 is 0 Å². The quantitative estimate of drug-likeness (QED) is 0.555. The van der Waals surface area contributed by atoms with Crippen molar-refractivity contribution in [3.8, 4) is 11.5 Å². The molecule has 2 aromatic carbocycles. The van der Waals surface area contributed by atoms with Crippen molar-refractivity contribution >= 4 is 22.8 Å². The second-order valence-electron chi connectivity index (χ2n) is 5.83. The number of primary amides is 1.